The van der Waals surface area contributed by atoms with Gasteiger partial charge in [0.1, 0.15) is 0 Å². The van der Waals surface area contributed by atoms with Gasteiger partial charge in [-0.3, -0.25) is 4.79 Å². The first-order valence-corrected chi connectivity index (χ1v) is 9.30. The van der Waals surface area contributed by atoms with Crippen molar-refractivity contribution in [3.63, 3.8) is 0 Å². The van der Waals surface area contributed by atoms with Gasteiger partial charge in [-0.15, -0.1) is 0 Å². The third-order valence-electron chi connectivity index (χ3n) is 5.19. The molecule has 1 amide bonds. The topological polar surface area (TPSA) is 20.3 Å². The fourth-order valence-corrected chi connectivity index (χ4v) is 4.59. The molecule has 1 heterocycles. The summed E-state index contributed by atoms with van der Waals surface area (Å²) >= 11 is 3.69. The molecule has 1 fully saturated rings. The number of benzene rings is 2. The first-order chi connectivity index (χ1) is 11.8. The molecule has 4 rings (SSSR count). The van der Waals surface area contributed by atoms with Crippen LogP contribution in [-0.2, 0) is 11.3 Å². The molecule has 1 aliphatic carbocycles. The Labute approximate surface area is 151 Å². The van der Waals surface area contributed by atoms with E-state index in [1.54, 1.807) is 0 Å². The fourth-order valence-electron chi connectivity index (χ4n) is 4.07. The van der Waals surface area contributed by atoms with Crippen LogP contribution in [0.4, 0.5) is 0 Å². The van der Waals surface area contributed by atoms with Gasteiger partial charge in [-0.1, -0.05) is 76.6 Å². The Morgan fingerprint density at radius 2 is 1.79 bits per heavy atom. The number of carbonyl (C=O) groups is 1. The predicted molar refractivity (Wildman–Crippen MR) is 99.2 cm³/mol. The Kier molecular flexibility index (Phi) is 4.28. The van der Waals surface area contributed by atoms with E-state index in [4.69, 9.17) is 0 Å². The summed E-state index contributed by atoms with van der Waals surface area (Å²) < 4.78 is 1.08. The number of halogens is 1. The highest BCUT2D eigenvalue weighted by Crippen LogP contribution is 2.48. The van der Waals surface area contributed by atoms with Gasteiger partial charge in [-0.05, 0) is 30.0 Å². The van der Waals surface area contributed by atoms with Crippen LogP contribution in [0.25, 0.3) is 0 Å². The van der Waals surface area contributed by atoms with Gasteiger partial charge >= 0.3 is 0 Å². The van der Waals surface area contributed by atoms with Crippen LogP contribution < -0.4 is 0 Å². The first-order valence-electron chi connectivity index (χ1n) is 8.51. The molecule has 2 nitrogen and oxygen atoms in total. The van der Waals surface area contributed by atoms with E-state index in [0.717, 1.165) is 17.3 Å². The van der Waals surface area contributed by atoms with E-state index in [1.807, 2.05) is 24.3 Å². The lowest BCUT2D eigenvalue weighted by Crippen LogP contribution is -2.29. The molecule has 0 radical (unpaired) electrons. The van der Waals surface area contributed by atoms with Crippen molar-refractivity contribution in [2.24, 2.45) is 11.8 Å². The normalized spacial score (nSPS) is 25.8. The summed E-state index contributed by atoms with van der Waals surface area (Å²) in [7, 11) is 0. The minimum Gasteiger partial charge on any atom is -0.330 e. The Bertz CT molecular complexity index is 770. The quantitative estimate of drug-likeness (QED) is 0.676. The van der Waals surface area contributed by atoms with Crippen LogP contribution in [0.15, 0.2) is 71.2 Å². The van der Waals surface area contributed by atoms with Crippen LogP contribution >= 0.6 is 15.9 Å². The summed E-state index contributed by atoms with van der Waals surface area (Å²) in [4.78, 5) is 15.2. The maximum Gasteiger partial charge on any atom is 0.227 e. The lowest BCUT2D eigenvalue weighted by Gasteiger charge is -2.29. The first kappa shape index (κ1) is 15.6. The number of likely N-dealkylation sites (tertiary alicyclic amines) is 1. The maximum absolute atomic E-state index is 13.1. The van der Waals surface area contributed by atoms with Crippen LogP contribution in [0.3, 0.4) is 0 Å². The second kappa shape index (κ2) is 6.56. The van der Waals surface area contributed by atoms with Gasteiger partial charge in [0.25, 0.3) is 0 Å². The number of hydrogen-bond acceptors (Lipinski definition) is 1. The number of rotatable bonds is 3. The van der Waals surface area contributed by atoms with Crippen molar-refractivity contribution < 1.29 is 4.79 Å². The number of nitrogens with zero attached hydrogens (tertiary/aromatic N) is 1. The van der Waals surface area contributed by atoms with E-state index < -0.39 is 0 Å². The van der Waals surface area contributed by atoms with E-state index in [1.165, 1.54) is 11.1 Å². The fraction of sp³-hybridized carbons (Fsp3) is 0.286. The van der Waals surface area contributed by atoms with Gasteiger partial charge in [0.2, 0.25) is 5.91 Å². The molecule has 0 spiro atoms. The summed E-state index contributed by atoms with van der Waals surface area (Å²) in [6, 6.07) is 18.7. The highest BCUT2D eigenvalue weighted by molar-refractivity contribution is 9.10. The van der Waals surface area contributed by atoms with Crippen molar-refractivity contribution in [1.29, 1.82) is 0 Å². The molecule has 0 saturated carbocycles. The number of fused-ring (bicyclic) bond motifs is 1. The second-order valence-corrected chi connectivity index (χ2v) is 7.46. The SMILES string of the molecule is O=C1[C@@H]2CCC=C[C@H]2[C@H](c2ccccc2Br)N1Cc1ccccc1. The maximum atomic E-state index is 13.1. The number of allylic oxidation sites excluding steroid dienone is 1. The molecule has 0 N–H and O–H groups in total. The van der Waals surface area contributed by atoms with E-state index in [-0.39, 0.29) is 17.9 Å². The van der Waals surface area contributed by atoms with Crippen molar-refractivity contribution in [2.45, 2.75) is 25.4 Å². The third-order valence-corrected chi connectivity index (χ3v) is 5.91. The predicted octanol–water partition coefficient (Wildman–Crippen LogP) is 5.12. The Morgan fingerprint density at radius 3 is 2.58 bits per heavy atom. The zero-order chi connectivity index (χ0) is 16.5. The lowest BCUT2D eigenvalue weighted by molar-refractivity contribution is -0.132. The molecule has 24 heavy (non-hydrogen) atoms. The molecule has 2 aromatic rings. The zero-order valence-electron chi connectivity index (χ0n) is 13.4. The molecule has 1 saturated heterocycles. The smallest absolute Gasteiger partial charge is 0.227 e. The van der Waals surface area contributed by atoms with E-state index in [0.29, 0.717) is 12.5 Å². The molecule has 122 valence electrons. The van der Waals surface area contributed by atoms with E-state index in [2.05, 4.69) is 63.3 Å². The van der Waals surface area contributed by atoms with Crippen molar-refractivity contribution >= 4 is 21.8 Å². The van der Waals surface area contributed by atoms with Gasteiger partial charge in [-0.25, -0.2) is 0 Å². The minimum absolute atomic E-state index is 0.106. The standard InChI is InChI=1S/C21H20BrNO/c22-19-13-7-6-12-18(19)20-16-10-4-5-11-17(16)21(24)23(20)14-15-8-2-1-3-9-15/h1-4,6-10,12-13,16-17,20H,5,11,14H2/t16-,17-,20-/m1/s1. The minimum atomic E-state index is 0.106. The number of carbonyl (C=O) groups excluding carboxylic acids is 1. The van der Waals surface area contributed by atoms with Gasteiger partial charge in [0.05, 0.1) is 6.04 Å². The largest absolute Gasteiger partial charge is 0.330 e. The van der Waals surface area contributed by atoms with Gasteiger partial charge in [0, 0.05) is 22.9 Å². The molecule has 1 aliphatic heterocycles. The highest BCUT2D eigenvalue weighted by atomic mass is 79.9. The lowest BCUT2D eigenvalue weighted by atomic mass is 9.81. The van der Waals surface area contributed by atoms with Crippen molar-refractivity contribution in [3.05, 3.63) is 82.3 Å². The molecular weight excluding hydrogens is 362 g/mol. The average molecular weight is 382 g/mol. The van der Waals surface area contributed by atoms with Gasteiger partial charge in [-0.2, -0.15) is 0 Å². The molecule has 0 aromatic heterocycles. The Morgan fingerprint density at radius 1 is 1.04 bits per heavy atom. The van der Waals surface area contributed by atoms with Crippen LogP contribution in [0, 0.1) is 11.8 Å². The van der Waals surface area contributed by atoms with E-state index in [9.17, 15) is 4.79 Å². The summed E-state index contributed by atoms with van der Waals surface area (Å²) in [6.07, 6.45) is 6.48. The molecule has 2 aliphatic rings. The summed E-state index contributed by atoms with van der Waals surface area (Å²) in [5.74, 6) is 0.693. The molecule has 2 aromatic carbocycles. The zero-order valence-corrected chi connectivity index (χ0v) is 15.0. The van der Waals surface area contributed by atoms with Crippen molar-refractivity contribution in [2.75, 3.05) is 0 Å². The van der Waals surface area contributed by atoms with Crippen LogP contribution in [0.2, 0.25) is 0 Å². The monoisotopic (exact) mass is 381 g/mol. The third kappa shape index (κ3) is 2.71. The highest BCUT2D eigenvalue weighted by Gasteiger charge is 2.48. The summed E-state index contributed by atoms with van der Waals surface area (Å²) in [6.45, 7) is 0.673. The average Bonchev–Trinajstić information content (AvgIpc) is 2.89. The number of hydrogen-bond donors (Lipinski definition) is 0. The number of amides is 1. The van der Waals surface area contributed by atoms with Gasteiger partial charge in [0.15, 0.2) is 0 Å². The van der Waals surface area contributed by atoms with Gasteiger partial charge < -0.3 is 4.90 Å². The molecule has 3 heteroatoms. The molecule has 0 unspecified atom stereocenters. The Hall–Kier alpha value is -1.87. The van der Waals surface area contributed by atoms with Crippen LogP contribution in [-0.4, -0.2) is 10.8 Å². The molecule has 0 bridgehead atoms. The van der Waals surface area contributed by atoms with Crippen molar-refractivity contribution in [3.8, 4) is 0 Å². The molecular formula is C21H20BrNO. The molecule has 3 atom stereocenters. The Balaban J connectivity index is 1.76. The van der Waals surface area contributed by atoms with Crippen LogP contribution in [0.5, 0.6) is 0 Å². The van der Waals surface area contributed by atoms with E-state index >= 15 is 0 Å². The van der Waals surface area contributed by atoms with Crippen LogP contribution in [0.1, 0.15) is 30.0 Å². The second-order valence-electron chi connectivity index (χ2n) is 6.61. The summed E-state index contributed by atoms with van der Waals surface area (Å²) in [5.41, 5.74) is 2.39. The summed E-state index contributed by atoms with van der Waals surface area (Å²) in [5, 5.41) is 0. The van der Waals surface area contributed by atoms with Crippen molar-refractivity contribution in [1.82, 2.24) is 4.90 Å².